The molecule has 102 valence electrons. The number of nitrogens with one attached hydrogen (secondary N) is 1. The summed E-state index contributed by atoms with van der Waals surface area (Å²) >= 11 is 0. The lowest BCUT2D eigenvalue weighted by Gasteiger charge is -2.16. The monoisotopic (exact) mass is 260 g/mol. The lowest BCUT2D eigenvalue weighted by Crippen LogP contribution is -2.49. The topological polar surface area (TPSA) is 147 Å². The van der Waals surface area contributed by atoms with Crippen LogP contribution in [-0.2, 0) is 19.2 Å². The first-order valence-electron chi connectivity index (χ1n) is 5.24. The third-order valence-electron chi connectivity index (χ3n) is 2.13. The smallest absolute Gasteiger partial charge is 0.326 e. The molecular formula is C10H16N2O6. The molecule has 0 aromatic rings. The molecule has 0 bridgehead atoms. The van der Waals surface area contributed by atoms with Crippen LogP contribution in [0.4, 0.5) is 0 Å². The summed E-state index contributed by atoms with van der Waals surface area (Å²) in [6, 6.07) is -2.57. The van der Waals surface area contributed by atoms with Gasteiger partial charge in [-0.25, -0.2) is 4.79 Å². The van der Waals surface area contributed by atoms with Crippen LogP contribution in [0.2, 0.25) is 0 Å². The molecule has 0 aliphatic carbocycles. The zero-order valence-corrected chi connectivity index (χ0v) is 9.88. The molecule has 0 heterocycles. The maximum atomic E-state index is 11.4. The molecule has 8 heteroatoms. The molecule has 0 radical (unpaired) electrons. The van der Waals surface area contributed by atoms with Crippen LogP contribution >= 0.6 is 0 Å². The number of amides is 1. The molecule has 1 amide bonds. The van der Waals surface area contributed by atoms with Gasteiger partial charge in [0, 0.05) is 6.42 Å². The van der Waals surface area contributed by atoms with E-state index in [1.807, 2.05) is 0 Å². The Balaban J connectivity index is 4.40. The molecule has 0 aromatic heterocycles. The SMILES string of the molecule is CC(=O)CC[C@H](NC(=O)[C@H](N)CC(=O)O)C(=O)O. The van der Waals surface area contributed by atoms with Crippen molar-refractivity contribution in [1.29, 1.82) is 0 Å². The number of carbonyl (C=O) groups is 4. The summed E-state index contributed by atoms with van der Waals surface area (Å²) in [7, 11) is 0. The quantitative estimate of drug-likeness (QED) is 0.425. The first kappa shape index (κ1) is 16.0. The predicted octanol–water partition coefficient (Wildman–Crippen LogP) is -1.27. The third-order valence-corrected chi connectivity index (χ3v) is 2.13. The molecule has 0 saturated carbocycles. The van der Waals surface area contributed by atoms with Crippen molar-refractivity contribution in [3.8, 4) is 0 Å². The van der Waals surface area contributed by atoms with Crippen molar-refractivity contribution < 1.29 is 29.4 Å². The molecule has 8 nitrogen and oxygen atoms in total. The summed E-state index contributed by atoms with van der Waals surface area (Å²) in [5, 5.41) is 19.3. The largest absolute Gasteiger partial charge is 0.481 e. The summed E-state index contributed by atoms with van der Waals surface area (Å²) in [6.07, 6.45) is -0.646. The van der Waals surface area contributed by atoms with E-state index in [-0.39, 0.29) is 18.6 Å². The Morgan fingerprint density at radius 3 is 2.17 bits per heavy atom. The molecular weight excluding hydrogens is 244 g/mol. The third kappa shape index (κ3) is 6.59. The second-order valence-corrected chi connectivity index (χ2v) is 3.84. The number of Topliss-reactive ketones (excluding diaryl/α,β-unsaturated/α-hetero) is 1. The van der Waals surface area contributed by atoms with E-state index in [2.05, 4.69) is 5.32 Å². The maximum absolute atomic E-state index is 11.4. The maximum Gasteiger partial charge on any atom is 0.326 e. The van der Waals surface area contributed by atoms with E-state index < -0.39 is 36.4 Å². The number of hydrogen-bond donors (Lipinski definition) is 4. The van der Waals surface area contributed by atoms with Crippen molar-refractivity contribution >= 4 is 23.6 Å². The number of carboxylic acids is 2. The van der Waals surface area contributed by atoms with Crippen molar-refractivity contribution in [2.24, 2.45) is 5.73 Å². The fourth-order valence-corrected chi connectivity index (χ4v) is 1.16. The second-order valence-electron chi connectivity index (χ2n) is 3.84. The minimum Gasteiger partial charge on any atom is -0.481 e. The lowest BCUT2D eigenvalue weighted by molar-refractivity contribution is -0.142. The Morgan fingerprint density at radius 1 is 1.22 bits per heavy atom. The minimum atomic E-state index is -1.32. The number of hydrogen-bond acceptors (Lipinski definition) is 5. The van der Waals surface area contributed by atoms with Crippen LogP contribution in [-0.4, -0.2) is 45.9 Å². The van der Waals surface area contributed by atoms with Crippen molar-refractivity contribution in [3.05, 3.63) is 0 Å². The minimum absolute atomic E-state index is 0.00537. The predicted molar refractivity (Wildman–Crippen MR) is 59.7 cm³/mol. The normalized spacial score (nSPS) is 13.4. The van der Waals surface area contributed by atoms with Crippen molar-refractivity contribution in [2.75, 3.05) is 0 Å². The molecule has 5 N–H and O–H groups in total. The highest BCUT2D eigenvalue weighted by atomic mass is 16.4. The fourth-order valence-electron chi connectivity index (χ4n) is 1.16. The molecule has 0 aromatic carbocycles. The fraction of sp³-hybridized carbons (Fsp3) is 0.600. The van der Waals surface area contributed by atoms with Gasteiger partial charge in [-0.1, -0.05) is 0 Å². The molecule has 0 spiro atoms. The van der Waals surface area contributed by atoms with Crippen LogP contribution in [0.3, 0.4) is 0 Å². The lowest BCUT2D eigenvalue weighted by atomic mass is 10.1. The molecule has 18 heavy (non-hydrogen) atoms. The van der Waals surface area contributed by atoms with Crippen LogP contribution in [0.25, 0.3) is 0 Å². The Hall–Kier alpha value is -1.96. The molecule has 0 aliphatic rings. The Bertz CT molecular complexity index is 354. The zero-order valence-electron chi connectivity index (χ0n) is 9.88. The second kappa shape index (κ2) is 7.38. The van der Waals surface area contributed by atoms with E-state index in [9.17, 15) is 19.2 Å². The molecule has 0 fully saturated rings. The van der Waals surface area contributed by atoms with Gasteiger partial charge in [-0.2, -0.15) is 0 Å². The van der Waals surface area contributed by atoms with Crippen molar-refractivity contribution in [1.82, 2.24) is 5.32 Å². The van der Waals surface area contributed by atoms with E-state index in [1.165, 1.54) is 6.92 Å². The van der Waals surface area contributed by atoms with Crippen molar-refractivity contribution in [3.63, 3.8) is 0 Å². The Kier molecular flexibility index (Phi) is 6.58. The van der Waals surface area contributed by atoms with Crippen molar-refractivity contribution in [2.45, 2.75) is 38.3 Å². The summed E-state index contributed by atoms with van der Waals surface area (Å²) in [4.78, 5) is 43.3. The highest BCUT2D eigenvalue weighted by molar-refractivity contribution is 5.89. The summed E-state index contributed by atoms with van der Waals surface area (Å²) < 4.78 is 0. The molecule has 0 rings (SSSR count). The van der Waals surface area contributed by atoms with Gasteiger partial charge in [0.05, 0.1) is 12.5 Å². The van der Waals surface area contributed by atoms with Gasteiger partial charge in [0.1, 0.15) is 11.8 Å². The van der Waals surface area contributed by atoms with E-state index in [0.717, 1.165) is 0 Å². The van der Waals surface area contributed by atoms with Gasteiger partial charge < -0.3 is 26.1 Å². The highest BCUT2D eigenvalue weighted by Gasteiger charge is 2.24. The average molecular weight is 260 g/mol. The first-order valence-corrected chi connectivity index (χ1v) is 5.24. The van der Waals surface area contributed by atoms with Gasteiger partial charge in [0.15, 0.2) is 0 Å². The van der Waals surface area contributed by atoms with Crippen LogP contribution in [0, 0.1) is 0 Å². The summed E-state index contributed by atoms with van der Waals surface area (Å²) in [5.74, 6) is -3.63. The summed E-state index contributed by atoms with van der Waals surface area (Å²) in [6.45, 7) is 1.30. The van der Waals surface area contributed by atoms with Crippen LogP contribution in [0.15, 0.2) is 0 Å². The van der Waals surface area contributed by atoms with E-state index in [0.29, 0.717) is 0 Å². The van der Waals surface area contributed by atoms with Gasteiger partial charge >= 0.3 is 11.9 Å². The number of rotatable bonds is 8. The van der Waals surface area contributed by atoms with Crippen LogP contribution in [0.1, 0.15) is 26.2 Å². The average Bonchev–Trinajstić information content (AvgIpc) is 2.21. The number of nitrogens with two attached hydrogens (primary N) is 1. The van der Waals surface area contributed by atoms with Crippen LogP contribution in [0.5, 0.6) is 0 Å². The standard InChI is InChI=1S/C10H16N2O6/c1-5(13)2-3-7(10(17)18)12-9(16)6(11)4-8(14)15/h6-7H,2-4,11H2,1H3,(H,12,16)(H,14,15)(H,17,18)/t6-,7+/m1/s1. The first-order chi connectivity index (χ1) is 8.23. The van der Waals surface area contributed by atoms with E-state index >= 15 is 0 Å². The van der Waals surface area contributed by atoms with E-state index in [4.69, 9.17) is 15.9 Å². The van der Waals surface area contributed by atoms with E-state index in [1.54, 1.807) is 0 Å². The molecule has 2 atom stereocenters. The molecule has 0 saturated heterocycles. The highest BCUT2D eigenvalue weighted by Crippen LogP contribution is 2.00. The number of aliphatic carboxylic acids is 2. The Morgan fingerprint density at radius 2 is 1.78 bits per heavy atom. The Labute approximate surface area is 103 Å². The van der Waals surface area contributed by atoms with Gasteiger partial charge in [0.2, 0.25) is 5.91 Å². The van der Waals surface area contributed by atoms with Gasteiger partial charge in [-0.3, -0.25) is 9.59 Å². The van der Waals surface area contributed by atoms with Gasteiger partial charge in [-0.05, 0) is 13.3 Å². The summed E-state index contributed by atoms with van der Waals surface area (Å²) in [5.41, 5.74) is 5.27. The number of carboxylic acid groups (broad SMARTS) is 2. The zero-order chi connectivity index (χ0) is 14.3. The molecule has 0 aliphatic heterocycles. The number of carbonyl (C=O) groups excluding carboxylic acids is 2. The number of ketones is 1. The molecule has 0 unspecified atom stereocenters. The van der Waals surface area contributed by atoms with Crippen LogP contribution < -0.4 is 11.1 Å². The van der Waals surface area contributed by atoms with Gasteiger partial charge in [0.25, 0.3) is 0 Å². The van der Waals surface area contributed by atoms with Gasteiger partial charge in [-0.15, -0.1) is 0 Å².